The molecule has 0 fully saturated rings. The quantitative estimate of drug-likeness (QED) is 0.176. The van der Waals surface area contributed by atoms with Gasteiger partial charge in [0, 0.05) is 39.4 Å². The third kappa shape index (κ3) is 5.20. The highest BCUT2D eigenvalue weighted by Crippen LogP contribution is 2.37. The van der Waals surface area contributed by atoms with Gasteiger partial charge in [-0.2, -0.15) is 0 Å². The monoisotopic (exact) mass is 511 g/mol. The SMILES string of the molecule is CCCCOCCOc1cc(Cl)ccc1C(Br)C(=O)c1c[nH]c2c(C)c(Cl)ccc12. The summed E-state index contributed by atoms with van der Waals surface area (Å²) in [6.45, 7) is 5.63. The number of carbonyl (C=O) groups excluding carboxylic acids is 1. The van der Waals surface area contributed by atoms with E-state index in [1.54, 1.807) is 18.3 Å². The second kappa shape index (κ2) is 10.7. The van der Waals surface area contributed by atoms with Crippen LogP contribution in [0.15, 0.2) is 36.5 Å². The van der Waals surface area contributed by atoms with Crippen molar-refractivity contribution in [2.45, 2.75) is 31.5 Å². The molecule has 1 aromatic heterocycles. The smallest absolute Gasteiger partial charge is 0.183 e. The van der Waals surface area contributed by atoms with Crippen LogP contribution < -0.4 is 4.74 Å². The molecule has 0 aliphatic carbocycles. The van der Waals surface area contributed by atoms with Crippen LogP contribution >= 0.6 is 39.1 Å². The summed E-state index contributed by atoms with van der Waals surface area (Å²) >= 11 is 15.9. The summed E-state index contributed by atoms with van der Waals surface area (Å²) in [7, 11) is 0. The third-order valence-electron chi connectivity index (χ3n) is 4.92. The first-order valence-corrected chi connectivity index (χ1v) is 11.6. The van der Waals surface area contributed by atoms with Crippen LogP contribution in [-0.2, 0) is 4.74 Å². The van der Waals surface area contributed by atoms with Gasteiger partial charge in [0.2, 0.25) is 0 Å². The van der Waals surface area contributed by atoms with Gasteiger partial charge in [0.05, 0.1) is 12.1 Å². The number of fused-ring (bicyclic) bond motifs is 1. The summed E-state index contributed by atoms with van der Waals surface area (Å²) in [5.74, 6) is 0.491. The molecule has 4 nitrogen and oxygen atoms in total. The molecule has 0 bridgehead atoms. The standard InChI is InChI=1S/C23H24BrCl2NO3/c1-3-4-9-29-10-11-30-20-12-15(25)5-6-17(20)21(24)23(28)18-13-27-22-14(2)19(26)8-7-16(18)22/h5-8,12-13,21,27H,3-4,9-11H2,1-2H3. The molecule has 1 heterocycles. The number of carbonyl (C=O) groups is 1. The molecule has 30 heavy (non-hydrogen) atoms. The van der Waals surface area contributed by atoms with Gasteiger partial charge in [-0.1, -0.05) is 64.6 Å². The molecule has 1 N–H and O–H groups in total. The van der Waals surface area contributed by atoms with Gasteiger partial charge in [0.15, 0.2) is 5.78 Å². The minimum absolute atomic E-state index is 0.0747. The molecule has 3 rings (SSSR count). The lowest BCUT2D eigenvalue weighted by molar-refractivity contribution is 0.0963. The van der Waals surface area contributed by atoms with Crippen molar-refractivity contribution in [1.29, 1.82) is 0 Å². The normalized spacial score (nSPS) is 12.3. The molecule has 0 amide bonds. The maximum absolute atomic E-state index is 13.3. The lowest BCUT2D eigenvalue weighted by Gasteiger charge is -2.16. The fraction of sp³-hybridized carbons (Fsp3) is 0.348. The van der Waals surface area contributed by atoms with Gasteiger partial charge in [-0.3, -0.25) is 4.79 Å². The number of rotatable bonds is 10. The number of aromatic amines is 1. The number of aromatic nitrogens is 1. The van der Waals surface area contributed by atoms with Crippen LogP contribution in [-0.4, -0.2) is 30.6 Å². The molecule has 7 heteroatoms. The average molecular weight is 513 g/mol. The maximum Gasteiger partial charge on any atom is 0.183 e. The molecule has 0 aliphatic rings. The number of unbranched alkanes of at least 4 members (excludes halogenated alkanes) is 1. The van der Waals surface area contributed by atoms with Crippen molar-refractivity contribution in [2.75, 3.05) is 19.8 Å². The van der Waals surface area contributed by atoms with E-state index in [1.807, 2.05) is 25.1 Å². The van der Waals surface area contributed by atoms with Crippen LogP contribution in [0.4, 0.5) is 0 Å². The number of ketones is 1. The van der Waals surface area contributed by atoms with Crippen LogP contribution in [0.2, 0.25) is 10.0 Å². The Morgan fingerprint density at radius 2 is 1.97 bits per heavy atom. The van der Waals surface area contributed by atoms with E-state index in [0.717, 1.165) is 34.9 Å². The Morgan fingerprint density at radius 3 is 2.73 bits per heavy atom. The van der Waals surface area contributed by atoms with Crippen LogP contribution in [0.3, 0.4) is 0 Å². The van der Waals surface area contributed by atoms with E-state index in [0.29, 0.717) is 41.2 Å². The van der Waals surface area contributed by atoms with Crippen molar-refractivity contribution in [1.82, 2.24) is 4.98 Å². The summed E-state index contributed by atoms with van der Waals surface area (Å²) in [6.07, 6.45) is 3.84. The van der Waals surface area contributed by atoms with Crippen molar-refractivity contribution in [2.24, 2.45) is 0 Å². The Hall–Kier alpha value is -1.53. The second-order valence-corrected chi connectivity index (χ2v) is 8.78. The first-order valence-electron chi connectivity index (χ1n) is 9.88. The number of hydrogen-bond donors (Lipinski definition) is 1. The maximum atomic E-state index is 13.3. The highest BCUT2D eigenvalue weighted by atomic mass is 79.9. The topological polar surface area (TPSA) is 51.3 Å². The summed E-state index contributed by atoms with van der Waals surface area (Å²) in [5, 5.41) is 2.05. The van der Waals surface area contributed by atoms with Gasteiger partial charge < -0.3 is 14.5 Å². The second-order valence-electron chi connectivity index (χ2n) is 7.02. The predicted octanol–water partition coefficient (Wildman–Crippen LogP) is 7.30. The predicted molar refractivity (Wildman–Crippen MR) is 127 cm³/mol. The van der Waals surface area contributed by atoms with Crippen LogP contribution in [0.5, 0.6) is 5.75 Å². The number of alkyl halides is 1. The van der Waals surface area contributed by atoms with E-state index in [4.69, 9.17) is 32.7 Å². The van der Waals surface area contributed by atoms with Crippen molar-refractivity contribution in [3.05, 3.63) is 63.3 Å². The molecular formula is C23H24BrCl2NO3. The van der Waals surface area contributed by atoms with E-state index < -0.39 is 4.83 Å². The molecule has 0 spiro atoms. The van der Waals surface area contributed by atoms with E-state index in [9.17, 15) is 4.79 Å². The van der Waals surface area contributed by atoms with Gasteiger partial charge in [-0.25, -0.2) is 0 Å². The first kappa shape index (κ1) is 23.1. The molecule has 1 unspecified atom stereocenters. The Bertz CT molecular complexity index is 1030. The fourth-order valence-electron chi connectivity index (χ4n) is 3.20. The van der Waals surface area contributed by atoms with Crippen molar-refractivity contribution in [3.8, 4) is 5.75 Å². The van der Waals surface area contributed by atoms with E-state index in [2.05, 4.69) is 27.8 Å². The lowest BCUT2D eigenvalue weighted by atomic mass is 10.0. The summed E-state index contributed by atoms with van der Waals surface area (Å²) < 4.78 is 11.4. The van der Waals surface area contributed by atoms with Crippen molar-refractivity contribution < 1.29 is 14.3 Å². The van der Waals surface area contributed by atoms with Gasteiger partial charge in [-0.15, -0.1) is 0 Å². The molecule has 2 aromatic carbocycles. The van der Waals surface area contributed by atoms with Gasteiger partial charge in [0.25, 0.3) is 0 Å². The number of nitrogens with one attached hydrogen (secondary N) is 1. The molecule has 0 saturated carbocycles. The van der Waals surface area contributed by atoms with E-state index in [1.165, 1.54) is 0 Å². The average Bonchev–Trinajstić information content (AvgIpc) is 3.17. The van der Waals surface area contributed by atoms with E-state index >= 15 is 0 Å². The first-order chi connectivity index (χ1) is 14.4. The number of H-pyrrole nitrogens is 1. The zero-order valence-corrected chi connectivity index (χ0v) is 20.0. The minimum atomic E-state index is -0.583. The molecule has 3 aromatic rings. The number of Topliss-reactive ketones (excluding diaryl/α,β-unsaturated/α-hetero) is 1. The van der Waals surface area contributed by atoms with Crippen molar-refractivity contribution >= 4 is 55.8 Å². The summed E-state index contributed by atoms with van der Waals surface area (Å²) in [4.78, 5) is 15.9. The molecule has 0 aliphatic heterocycles. The summed E-state index contributed by atoms with van der Waals surface area (Å²) in [6, 6.07) is 8.96. The van der Waals surface area contributed by atoms with Crippen LogP contribution in [0.1, 0.15) is 46.1 Å². The highest BCUT2D eigenvalue weighted by Gasteiger charge is 2.25. The Morgan fingerprint density at radius 1 is 1.17 bits per heavy atom. The molecule has 1 atom stereocenters. The Kier molecular flexibility index (Phi) is 8.23. The zero-order valence-electron chi connectivity index (χ0n) is 16.9. The fourth-order valence-corrected chi connectivity index (χ4v) is 4.15. The molecule has 160 valence electrons. The zero-order chi connectivity index (χ0) is 21.7. The lowest BCUT2D eigenvalue weighted by Crippen LogP contribution is -2.12. The minimum Gasteiger partial charge on any atom is -0.491 e. The Balaban J connectivity index is 1.80. The van der Waals surface area contributed by atoms with Crippen LogP contribution in [0.25, 0.3) is 10.9 Å². The van der Waals surface area contributed by atoms with Gasteiger partial charge >= 0.3 is 0 Å². The van der Waals surface area contributed by atoms with Gasteiger partial charge in [0.1, 0.15) is 17.2 Å². The third-order valence-corrected chi connectivity index (χ3v) is 6.48. The molecule has 0 saturated heterocycles. The number of aryl methyl sites for hydroxylation is 1. The number of halogens is 3. The molecule has 0 radical (unpaired) electrons. The largest absolute Gasteiger partial charge is 0.491 e. The Labute approximate surface area is 195 Å². The molecular weight excluding hydrogens is 489 g/mol. The van der Waals surface area contributed by atoms with E-state index in [-0.39, 0.29) is 5.78 Å². The summed E-state index contributed by atoms with van der Waals surface area (Å²) in [5.41, 5.74) is 3.09. The van der Waals surface area contributed by atoms with Crippen molar-refractivity contribution in [3.63, 3.8) is 0 Å². The number of ether oxygens (including phenoxy) is 2. The number of benzene rings is 2. The highest BCUT2D eigenvalue weighted by molar-refractivity contribution is 9.09. The number of hydrogen-bond acceptors (Lipinski definition) is 3. The van der Waals surface area contributed by atoms with Gasteiger partial charge in [-0.05, 0) is 37.1 Å². The van der Waals surface area contributed by atoms with Crippen LogP contribution in [0, 0.1) is 6.92 Å².